The summed E-state index contributed by atoms with van der Waals surface area (Å²) < 4.78 is 16.9. The topological polar surface area (TPSA) is 69.7 Å². The highest BCUT2D eigenvalue weighted by Crippen LogP contribution is 2.32. The van der Waals surface area contributed by atoms with Gasteiger partial charge in [-0.05, 0) is 55.0 Å². The Labute approximate surface area is 175 Å². The molecule has 0 N–H and O–H groups in total. The van der Waals surface area contributed by atoms with E-state index in [2.05, 4.69) is 0 Å². The van der Waals surface area contributed by atoms with Gasteiger partial charge in [-0.1, -0.05) is 29.3 Å². The van der Waals surface area contributed by atoms with Crippen molar-refractivity contribution in [1.29, 1.82) is 0 Å². The summed E-state index contributed by atoms with van der Waals surface area (Å²) >= 11 is 12.0. The summed E-state index contributed by atoms with van der Waals surface area (Å²) in [5.41, 5.74) is 1.19. The molecule has 0 atom stereocenters. The molecule has 0 aliphatic carbocycles. The van der Waals surface area contributed by atoms with Crippen LogP contribution in [0.15, 0.2) is 68.4 Å². The van der Waals surface area contributed by atoms with Crippen molar-refractivity contribution in [3.63, 3.8) is 0 Å². The van der Waals surface area contributed by atoms with E-state index < -0.39 is 17.8 Å². The Morgan fingerprint density at radius 3 is 2.66 bits per heavy atom. The molecule has 2 aromatic heterocycles. The first-order chi connectivity index (χ1) is 13.9. The van der Waals surface area contributed by atoms with E-state index in [-0.39, 0.29) is 22.1 Å². The van der Waals surface area contributed by atoms with Crippen molar-refractivity contribution >= 4 is 40.0 Å². The molecule has 0 aliphatic heterocycles. The summed E-state index contributed by atoms with van der Waals surface area (Å²) in [5.74, 6) is -0.0687. The van der Waals surface area contributed by atoms with Crippen molar-refractivity contribution in [2.24, 2.45) is 0 Å². The number of carbonyl (C=O) groups excluding carboxylic acids is 1. The maximum absolute atomic E-state index is 13.0. The SMILES string of the molecule is Cc1ccc2c(=O)c(OCC(=O)c3ccc(Cl)cc3Cl)c(-c3ccco3)oc2c1. The predicted molar refractivity (Wildman–Crippen MR) is 111 cm³/mol. The second kappa shape index (κ2) is 7.78. The zero-order valence-electron chi connectivity index (χ0n) is 15.2. The number of aryl methyl sites for hydroxylation is 1. The van der Waals surface area contributed by atoms with Crippen molar-refractivity contribution in [3.8, 4) is 17.3 Å². The molecule has 0 fully saturated rings. The summed E-state index contributed by atoms with van der Waals surface area (Å²) in [6, 6.07) is 13.1. The summed E-state index contributed by atoms with van der Waals surface area (Å²) in [6.07, 6.45) is 1.46. The van der Waals surface area contributed by atoms with Gasteiger partial charge in [0.25, 0.3) is 0 Å². The normalized spacial score (nSPS) is 11.0. The number of halogens is 2. The molecule has 0 bridgehead atoms. The Hall–Kier alpha value is -3.02. The van der Waals surface area contributed by atoms with Gasteiger partial charge in [0, 0.05) is 10.6 Å². The Bertz CT molecular complexity index is 1270. The standard InChI is InChI=1S/C22H14Cl2O5/c1-12-4-6-15-19(9-12)29-21(18-3-2-8-27-18)22(20(15)26)28-11-17(25)14-7-5-13(23)10-16(14)24/h2-10H,11H2,1H3. The average molecular weight is 429 g/mol. The van der Waals surface area contributed by atoms with Crippen LogP contribution < -0.4 is 10.2 Å². The molecule has 0 saturated heterocycles. The summed E-state index contributed by atoms with van der Waals surface area (Å²) in [6.45, 7) is 1.49. The molecular weight excluding hydrogens is 415 g/mol. The van der Waals surface area contributed by atoms with E-state index >= 15 is 0 Å². The average Bonchev–Trinajstić information content (AvgIpc) is 3.21. The third-order valence-corrected chi connectivity index (χ3v) is 4.88. The van der Waals surface area contributed by atoms with Gasteiger partial charge < -0.3 is 13.6 Å². The second-order valence-electron chi connectivity index (χ2n) is 6.40. The van der Waals surface area contributed by atoms with Crippen molar-refractivity contribution in [1.82, 2.24) is 0 Å². The van der Waals surface area contributed by atoms with Crippen molar-refractivity contribution in [2.75, 3.05) is 6.61 Å². The monoisotopic (exact) mass is 428 g/mol. The number of furan rings is 1. The van der Waals surface area contributed by atoms with E-state index in [4.69, 9.17) is 36.8 Å². The van der Waals surface area contributed by atoms with Crippen LogP contribution >= 0.6 is 23.2 Å². The quantitative estimate of drug-likeness (QED) is 0.368. The number of hydrogen-bond acceptors (Lipinski definition) is 5. The van der Waals surface area contributed by atoms with Gasteiger partial charge in [0.15, 0.2) is 12.4 Å². The fourth-order valence-corrected chi connectivity index (χ4v) is 3.43. The van der Waals surface area contributed by atoms with Gasteiger partial charge in [-0.15, -0.1) is 0 Å². The maximum atomic E-state index is 13.0. The van der Waals surface area contributed by atoms with Gasteiger partial charge in [-0.25, -0.2) is 0 Å². The molecule has 4 rings (SSSR count). The van der Waals surface area contributed by atoms with Crippen LogP contribution in [0.3, 0.4) is 0 Å². The van der Waals surface area contributed by atoms with E-state index in [9.17, 15) is 9.59 Å². The minimum atomic E-state index is -0.406. The summed E-state index contributed by atoms with van der Waals surface area (Å²) in [5, 5.41) is 0.967. The van der Waals surface area contributed by atoms with Crippen molar-refractivity contribution in [2.45, 2.75) is 6.92 Å². The minimum absolute atomic E-state index is 0.102. The molecule has 0 saturated carbocycles. The smallest absolute Gasteiger partial charge is 0.235 e. The van der Waals surface area contributed by atoms with Gasteiger partial charge in [-0.2, -0.15) is 0 Å². The lowest BCUT2D eigenvalue weighted by atomic mass is 10.1. The molecule has 0 unspecified atom stereocenters. The fraction of sp³-hybridized carbons (Fsp3) is 0.0909. The number of benzene rings is 2. The van der Waals surface area contributed by atoms with E-state index in [0.717, 1.165) is 5.56 Å². The van der Waals surface area contributed by atoms with E-state index in [1.165, 1.54) is 18.4 Å². The fourth-order valence-electron chi connectivity index (χ4n) is 2.92. The van der Waals surface area contributed by atoms with E-state index in [1.807, 2.05) is 6.92 Å². The highest BCUT2D eigenvalue weighted by atomic mass is 35.5. The molecule has 2 heterocycles. The van der Waals surface area contributed by atoms with Gasteiger partial charge in [0.1, 0.15) is 5.58 Å². The second-order valence-corrected chi connectivity index (χ2v) is 7.25. The Balaban J connectivity index is 1.75. The zero-order valence-corrected chi connectivity index (χ0v) is 16.7. The third-order valence-electron chi connectivity index (χ3n) is 4.33. The van der Waals surface area contributed by atoms with Crippen LogP contribution in [0.4, 0.5) is 0 Å². The lowest BCUT2D eigenvalue weighted by molar-refractivity contribution is 0.0920. The number of fused-ring (bicyclic) bond motifs is 1. The van der Waals surface area contributed by atoms with Gasteiger partial charge in [0.05, 0.1) is 16.7 Å². The van der Waals surface area contributed by atoms with Crippen LogP contribution in [0, 0.1) is 6.92 Å². The van der Waals surface area contributed by atoms with E-state index in [0.29, 0.717) is 21.8 Å². The molecule has 4 aromatic rings. The first-order valence-electron chi connectivity index (χ1n) is 8.66. The molecule has 5 nitrogen and oxygen atoms in total. The number of ketones is 1. The molecule has 146 valence electrons. The molecule has 29 heavy (non-hydrogen) atoms. The number of Topliss-reactive ketones (excluding diaryl/α,β-unsaturated/α-hetero) is 1. The molecule has 2 aromatic carbocycles. The minimum Gasteiger partial charge on any atom is -0.478 e. The first-order valence-corrected chi connectivity index (χ1v) is 9.42. The zero-order chi connectivity index (χ0) is 20.5. The summed E-state index contributed by atoms with van der Waals surface area (Å²) in [7, 11) is 0. The Morgan fingerprint density at radius 2 is 1.93 bits per heavy atom. The molecule has 0 spiro atoms. The van der Waals surface area contributed by atoms with Crippen molar-refractivity contribution in [3.05, 3.63) is 86.2 Å². The van der Waals surface area contributed by atoms with Gasteiger partial charge in [-0.3, -0.25) is 9.59 Å². The Morgan fingerprint density at radius 1 is 1.10 bits per heavy atom. The third kappa shape index (κ3) is 3.79. The van der Waals surface area contributed by atoms with Gasteiger partial charge >= 0.3 is 0 Å². The molecule has 0 radical (unpaired) electrons. The number of carbonyl (C=O) groups is 1. The van der Waals surface area contributed by atoms with E-state index in [1.54, 1.807) is 36.4 Å². The highest BCUT2D eigenvalue weighted by Gasteiger charge is 2.21. The highest BCUT2D eigenvalue weighted by molar-refractivity contribution is 6.36. The maximum Gasteiger partial charge on any atom is 0.235 e. The van der Waals surface area contributed by atoms with Crippen LogP contribution in [0.1, 0.15) is 15.9 Å². The lowest BCUT2D eigenvalue weighted by Gasteiger charge is -2.11. The van der Waals surface area contributed by atoms with Crippen LogP contribution in [-0.4, -0.2) is 12.4 Å². The number of rotatable bonds is 5. The number of ether oxygens (including phenoxy) is 1. The lowest BCUT2D eigenvalue weighted by Crippen LogP contribution is -2.17. The van der Waals surface area contributed by atoms with Crippen molar-refractivity contribution < 1.29 is 18.4 Å². The van der Waals surface area contributed by atoms with Crippen LogP contribution in [0.2, 0.25) is 10.0 Å². The van der Waals surface area contributed by atoms with Crippen LogP contribution in [0.25, 0.3) is 22.5 Å². The van der Waals surface area contributed by atoms with Gasteiger partial charge in [0.2, 0.25) is 22.7 Å². The molecule has 0 amide bonds. The number of hydrogen-bond donors (Lipinski definition) is 0. The molecular formula is C22H14Cl2O5. The molecule has 0 aliphatic rings. The molecule has 7 heteroatoms. The summed E-state index contributed by atoms with van der Waals surface area (Å²) in [4.78, 5) is 25.6. The largest absolute Gasteiger partial charge is 0.478 e. The first kappa shape index (κ1) is 19.3. The predicted octanol–water partition coefficient (Wildman–Crippen LogP) is 5.93. The Kier molecular flexibility index (Phi) is 5.18. The van der Waals surface area contributed by atoms with Crippen LogP contribution in [-0.2, 0) is 0 Å². The van der Waals surface area contributed by atoms with Crippen LogP contribution in [0.5, 0.6) is 5.75 Å².